The molecule has 0 atom stereocenters. The molecule has 18 heavy (non-hydrogen) atoms. The molecule has 0 radical (unpaired) electrons. The molecule has 0 bridgehead atoms. The van der Waals surface area contributed by atoms with Gasteiger partial charge in [0.2, 0.25) is 0 Å². The van der Waals surface area contributed by atoms with Crippen molar-refractivity contribution in [3.63, 3.8) is 0 Å². The van der Waals surface area contributed by atoms with Crippen LogP contribution in [0.1, 0.15) is 10.5 Å². The van der Waals surface area contributed by atoms with E-state index >= 15 is 0 Å². The zero-order valence-corrected chi connectivity index (χ0v) is 10.6. The maximum absolute atomic E-state index is 12.1. The van der Waals surface area contributed by atoms with Crippen molar-refractivity contribution in [2.75, 3.05) is 17.7 Å². The third-order valence-corrected chi connectivity index (χ3v) is 2.76. The van der Waals surface area contributed by atoms with Crippen LogP contribution in [0.25, 0.3) is 0 Å². The van der Waals surface area contributed by atoms with Gasteiger partial charge in [-0.2, -0.15) is 0 Å². The van der Waals surface area contributed by atoms with Crippen LogP contribution in [-0.4, -0.2) is 17.9 Å². The van der Waals surface area contributed by atoms with Crippen LogP contribution in [0.2, 0.25) is 5.02 Å². The van der Waals surface area contributed by atoms with Crippen molar-refractivity contribution in [3.8, 4) is 0 Å². The third-order valence-electron chi connectivity index (χ3n) is 2.53. The molecular weight excluding hydrogens is 250 g/mol. The van der Waals surface area contributed by atoms with Crippen LogP contribution in [0.3, 0.4) is 0 Å². The summed E-state index contributed by atoms with van der Waals surface area (Å²) in [5.74, 6) is -0.198. The van der Waals surface area contributed by atoms with Gasteiger partial charge in [-0.05, 0) is 36.4 Å². The van der Waals surface area contributed by atoms with E-state index in [1.165, 1.54) is 11.1 Å². The molecule has 1 amide bonds. The van der Waals surface area contributed by atoms with Crippen LogP contribution in [0.5, 0.6) is 0 Å². The Morgan fingerprint density at radius 3 is 2.44 bits per heavy atom. The summed E-state index contributed by atoms with van der Waals surface area (Å²) in [6.07, 6.45) is 1.45. The minimum absolute atomic E-state index is 0.198. The van der Waals surface area contributed by atoms with E-state index in [4.69, 9.17) is 17.3 Å². The second kappa shape index (κ2) is 5.06. The number of halogens is 1. The Bertz CT molecular complexity index is 551. The average molecular weight is 262 g/mol. The first-order valence-corrected chi connectivity index (χ1v) is 5.71. The van der Waals surface area contributed by atoms with Gasteiger partial charge in [0.1, 0.15) is 5.69 Å². The Morgan fingerprint density at radius 2 is 1.89 bits per heavy atom. The molecular formula is C13H12ClN3O. The van der Waals surface area contributed by atoms with E-state index < -0.39 is 0 Å². The number of nitrogens with two attached hydrogens (primary N) is 1. The van der Waals surface area contributed by atoms with Gasteiger partial charge in [0.05, 0.1) is 5.02 Å². The van der Waals surface area contributed by atoms with Crippen molar-refractivity contribution < 1.29 is 4.79 Å². The number of carbonyl (C=O) groups excluding carboxylic acids is 1. The largest absolute Gasteiger partial charge is 0.399 e. The highest BCUT2D eigenvalue weighted by Crippen LogP contribution is 2.17. The van der Waals surface area contributed by atoms with Crippen LogP contribution in [0.4, 0.5) is 11.4 Å². The van der Waals surface area contributed by atoms with E-state index in [0.29, 0.717) is 16.4 Å². The SMILES string of the molecule is CN(C(=O)c1ccc(Cl)cn1)c1ccc(N)cc1. The smallest absolute Gasteiger partial charge is 0.276 e. The summed E-state index contributed by atoms with van der Waals surface area (Å²) in [5, 5.41) is 0.502. The first kappa shape index (κ1) is 12.4. The van der Waals surface area contributed by atoms with Gasteiger partial charge in [-0.15, -0.1) is 0 Å². The van der Waals surface area contributed by atoms with Crippen molar-refractivity contribution in [2.24, 2.45) is 0 Å². The fourth-order valence-electron chi connectivity index (χ4n) is 1.49. The van der Waals surface area contributed by atoms with Gasteiger partial charge < -0.3 is 10.6 Å². The highest BCUT2D eigenvalue weighted by molar-refractivity contribution is 6.30. The van der Waals surface area contributed by atoms with Crippen molar-refractivity contribution in [2.45, 2.75) is 0 Å². The van der Waals surface area contributed by atoms with Gasteiger partial charge in [0, 0.05) is 24.6 Å². The summed E-state index contributed by atoms with van der Waals surface area (Å²) >= 11 is 5.73. The predicted molar refractivity (Wildman–Crippen MR) is 72.8 cm³/mol. The Hall–Kier alpha value is -2.07. The number of amides is 1. The van der Waals surface area contributed by atoms with Gasteiger partial charge in [0.15, 0.2) is 0 Å². The third kappa shape index (κ3) is 2.60. The van der Waals surface area contributed by atoms with Crippen LogP contribution in [-0.2, 0) is 0 Å². The van der Waals surface area contributed by atoms with Crippen molar-refractivity contribution in [3.05, 3.63) is 53.3 Å². The molecule has 2 rings (SSSR count). The lowest BCUT2D eigenvalue weighted by Crippen LogP contribution is -2.26. The lowest BCUT2D eigenvalue weighted by Gasteiger charge is -2.16. The second-order valence-corrected chi connectivity index (χ2v) is 4.25. The molecule has 0 aliphatic carbocycles. The normalized spacial score (nSPS) is 10.1. The number of anilines is 2. The van der Waals surface area contributed by atoms with Crippen LogP contribution in [0, 0.1) is 0 Å². The van der Waals surface area contributed by atoms with Gasteiger partial charge in [-0.3, -0.25) is 4.79 Å². The molecule has 2 aromatic rings. The number of hydrogen-bond acceptors (Lipinski definition) is 3. The van der Waals surface area contributed by atoms with E-state index in [1.807, 2.05) is 0 Å². The Kier molecular flexibility index (Phi) is 3.48. The number of nitrogens with zero attached hydrogens (tertiary/aromatic N) is 2. The number of hydrogen-bond donors (Lipinski definition) is 1. The molecule has 0 aliphatic heterocycles. The van der Waals surface area contributed by atoms with E-state index in [1.54, 1.807) is 43.4 Å². The molecule has 0 saturated carbocycles. The van der Waals surface area contributed by atoms with E-state index in [2.05, 4.69) is 4.98 Å². The molecule has 1 aromatic heterocycles. The van der Waals surface area contributed by atoms with Gasteiger partial charge >= 0.3 is 0 Å². The number of nitrogen functional groups attached to an aromatic ring is 1. The molecule has 2 N–H and O–H groups in total. The maximum Gasteiger partial charge on any atom is 0.276 e. The Morgan fingerprint density at radius 1 is 1.22 bits per heavy atom. The highest BCUT2D eigenvalue weighted by Gasteiger charge is 2.14. The highest BCUT2D eigenvalue weighted by atomic mass is 35.5. The van der Waals surface area contributed by atoms with Gasteiger partial charge in [-0.25, -0.2) is 4.98 Å². The minimum Gasteiger partial charge on any atom is -0.399 e. The lowest BCUT2D eigenvalue weighted by atomic mass is 10.2. The molecule has 5 heteroatoms. The number of carbonyl (C=O) groups is 1. The fraction of sp³-hybridized carbons (Fsp3) is 0.0769. The fourth-order valence-corrected chi connectivity index (χ4v) is 1.60. The Labute approximate surface area is 110 Å². The summed E-state index contributed by atoms with van der Waals surface area (Å²) in [6, 6.07) is 10.3. The van der Waals surface area contributed by atoms with Crippen molar-refractivity contribution in [1.29, 1.82) is 0 Å². The quantitative estimate of drug-likeness (QED) is 0.846. The molecule has 0 aliphatic rings. The lowest BCUT2D eigenvalue weighted by molar-refractivity contribution is 0.0988. The number of pyridine rings is 1. The first-order valence-electron chi connectivity index (χ1n) is 5.33. The molecule has 0 fully saturated rings. The average Bonchev–Trinajstić information content (AvgIpc) is 2.39. The van der Waals surface area contributed by atoms with Crippen LogP contribution >= 0.6 is 11.6 Å². The molecule has 0 saturated heterocycles. The number of rotatable bonds is 2. The molecule has 92 valence electrons. The standard InChI is InChI=1S/C13H12ClN3O/c1-17(11-5-3-10(15)4-6-11)13(18)12-7-2-9(14)8-16-12/h2-8H,15H2,1H3. The summed E-state index contributed by atoms with van der Waals surface area (Å²) in [5.41, 5.74) is 7.36. The van der Waals surface area contributed by atoms with E-state index in [0.717, 1.165) is 5.69 Å². The van der Waals surface area contributed by atoms with Crippen LogP contribution in [0.15, 0.2) is 42.6 Å². The second-order valence-electron chi connectivity index (χ2n) is 3.82. The number of benzene rings is 1. The van der Waals surface area contributed by atoms with Crippen molar-refractivity contribution in [1.82, 2.24) is 4.98 Å². The van der Waals surface area contributed by atoms with Crippen LogP contribution < -0.4 is 10.6 Å². The number of aromatic nitrogens is 1. The topological polar surface area (TPSA) is 59.2 Å². The molecule has 0 spiro atoms. The predicted octanol–water partition coefficient (Wildman–Crippen LogP) is 2.59. The first-order chi connectivity index (χ1) is 8.58. The van der Waals surface area contributed by atoms with E-state index in [9.17, 15) is 4.79 Å². The maximum atomic E-state index is 12.1. The molecule has 4 nitrogen and oxygen atoms in total. The summed E-state index contributed by atoms with van der Waals surface area (Å²) in [6.45, 7) is 0. The molecule has 1 heterocycles. The van der Waals surface area contributed by atoms with Crippen molar-refractivity contribution >= 4 is 28.9 Å². The van der Waals surface area contributed by atoms with Gasteiger partial charge in [-0.1, -0.05) is 11.6 Å². The van der Waals surface area contributed by atoms with E-state index in [-0.39, 0.29) is 5.91 Å². The minimum atomic E-state index is -0.198. The summed E-state index contributed by atoms with van der Waals surface area (Å²) < 4.78 is 0. The summed E-state index contributed by atoms with van der Waals surface area (Å²) in [4.78, 5) is 17.6. The summed E-state index contributed by atoms with van der Waals surface area (Å²) in [7, 11) is 1.68. The zero-order chi connectivity index (χ0) is 13.1. The zero-order valence-electron chi connectivity index (χ0n) is 9.80. The Balaban J connectivity index is 2.23. The molecule has 0 unspecified atom stereocenters. The monoisotopic (exact) mass is 261 g/mol. The van der Waals surface area contributed by atoms with Gasteiger partial charge in [0.25, 0.3) is 5.91 Å². The molecule has 1 aromatic carbocycles.